The van der Waals surface area contributed by atoms with E-state index in [0.29, 0.717) is 0 Å². The Labute approximate surface area is 88.3 Å². The van der Waals surface area contributed by atoms with E-state index in [1.807, 2.05) is 0 Å². The smallest absolute Gasteiger partial charge is 0.0224 e. The monoisotopic (exact) mass is 196 g/mol. The van der Waals surface area contributed by atoms with Crippen molar-refractivity contribution in [3.63, 3.8) is 0 Å². The van der Waals surface area contributed by atoms with E-state index < -0.39 is 0 Å². The van der Waals surface area contributed by atoms with Crippen LogP contribution in [0.15, 0.2) is 0 Å². The molecule has 2 fully saturated rings. The minimum atomic E-state index is 0.845. The summed E-state index contributed by atoms with van der Waals surface area (Å²) in [6.45, 7) is 9.99. The largest absolute Gasteiger partial charge is 0.298 e. The van der Waals surface area contributed by atoms with E-state index in [1.165, 1.54) is 51.9 Å². The van der Waals surface area contributed by atoms with Gasteiger partial charge in [-0.2, -0.15) is 0 Å². The summed E-state index contributed by atoms with van der Waals surface area (Å²) in [5, 5.41) is 0. The predicted molar refractivity (Wildman–Crippen MR) is 60.5 cm³/mol. The second-order valence-electron chi connectivity index (χ2n) is 4.80. The Balaban J connectivity index is 1.90. The average molecular weight is 196 g/mol. The molecule has 2 aliphatic rings. The fourth-order valence-corrected chi connectivity index (χ4v) is 3.15. The molecule has 0 aliphatic carbocycles. The first-order chi connectivity index (χ1) is 6.85. The summed E-state index contributed by atoms with van der Waals surface area (Å²) >= 11 is 0. The maximum Gasteiger partial charge on any atom is 0.0224 e. The molecule has 82 valence electrons. The standard InChI is InChI=1S/C12H24N2/c1-3-11(4-2)14-9-8-13-7-5-6-12(13)10-14/h11-12H,3-10H2,1-2H3/t12-/m0/s1. The van der Waals surface area contributed by atoms with Crippen molar-refractivity contribution in [3.8, 4) is 0 Å². The van der Waals surface area contributed by atoms with Crippen LogP contribution in [0.1, 0.15) is 39.5 Å². The van der Waals surface area contributed by atoms with Crippen LogP contribution in [0.4, 0.5) is 0 Å². The van der Waals surface area contributed by atoms with E-state index in [4.69, 9.17) is 0 Å². The lowest BCUT2D eigenvalue weighted by Crippen LogP contribution is -2.53. The first-order valence-electron chi connectivity index (χ1n) is 6.33. The summed E-state index contributed by atoms with van der Waals surface area (Å²) in [6, 6.07) is 1.74. The molecule has 0 bridgehead atoms. The molecule has 0 unspecified atom stereocenters. The van der Waals surface area contributed by atoms with Gasteiger partial charge in [0.2, 0.25) is 0 Å². The number of piperazine rings is 1. The van der Waals surface area contributed by atoms with E-state index in [2.05, 4.69) is 23.6 Å². The third-order valence-electron chi connectivity index (χ3n) is 4.08. The van der Waals surface area contributed by atoms with Crippen molar-refractivity contribution in [2.75, 3.05) is 26.2 Å². The molecule has 2 saturated heterocycles. The molecule has 2 heteroatoms. The molecule has 0 N–H and O–H groups in total. The first kappa shape index (κ1) is 10.4. The third kappa shape index (κ3) is 1.96. The van der Waals surface area contributed by atoms with Crippen LogP contribution in [0, 0.1) is 0 Å². The lowest BCUT2D eigenvalue weighted by atomic mass is 10.1. The maximum atomic E-state index is 2.73. The van der Waals surface area contributed by atoms with Crippen molar-refractivity contribution in [1.29, 1.82) is 0 Å². The molecule has 0 radical (unpaired) electrons. The van der Waals surface area contributed by atoms with Crippen molar-refractivity contribution in [1.82, 2.24) is 9.80 Å². The summed E-state index contributed by atoms with van der Waals surface area (Å²) in [7, 11) is 0. The Morgan fingerprint density at radius 2 is 1.93 bits per heavy atom. The lowest BCUT2D eigenvalue weighted by Gasteiger charge is -2.41. The van der Waals surface area contributed by atoms with E-state index >= 15 is 0 Å². The molecular weight excluding hydrogens is 172 g/mol. The van der Waals surface area contributed by atoms with Gasteiger partial charge in [-0.1, -0.05) is 13.8 Å². The lowest BCUT2D eigenvalue weighted by molar-refractivity contribution is 0.0684. The third-order valence-corrected chi connectivity index (χ3v) is 4.08. The highest BCUT2D eigenvalue weighted by atomic mass is 15.3. The molecule has 2 rings (SSSR count). The summed E-state index contributed by atoms with van der Waals surface area (Å²) < 4.78 is 0. The normalized spacial score (nSPS) is 29.8. The molecule has 14 heavy (non-hydrogen) atoms. The van der Waals surface area contributed by atoms with Crippen molar-refractivity contribution in [2.45, 2.75) is 51.6 Å². The molecule has 2 heterocycles. The van der Waals surface area contributed by atoms with Crippen LogP contribution in [-0.4, -0.2) is 48.1 Å². The second kappa shape index (κ2) is 4.63. The average Bonchev–Trinajstić information content (AvgIpc) is 2.66. The molecule has 0 amide bonds. The SMILES string of the molecule is CCC(CC)N1CCN2CCC[C@H]2C1. The minimum absolute atomic E-state index is 0.845. The molecule has 0 saturated carbocycles. The van der Waals surface area contributed by atoms with E-state index in [0.717, 1.165) is 12.1 Å². The number of hydrogen-bond donors (Lipinski definition) is 0. The van der Waals surface area contributed by atoms with Gasteiger partial charge in [0.15, 0.2) is 0 Å². The van der Waals surface area contributed by atoms with Gasteiger partial charge in [0.25, 0.3) is 0 Å². The summed E-state index contributed by atoms with van der Waals surface area (Å²) in [4.78, 5) is 5.42. The van der Waals surface area contributed by atoms with Crippen LogP contribution >= 0.6 is 0 Å². The van der Waals surface area contributed by atoms with Crippen LogP contribution in [0.25, 0.3) is 0 Å². The zero-order valence-electron chi connectivity index (χ0n) is 9.71. The number of nitrogens with zero attached hydrogens (tertiary/aromatic N) is 2. The number of fused-ring (bicyclic) bond motifs is 1. The zero-order valence-corrected chi connectivity index (χ0v) is 9.71. The Morgan fingerprint density at radius 3 is 2.64 bits per heavy atom. The van der Waals surface area contributed by atoms with Gasteiger partial charge in [-0.3, -0.25) is 9.80 Å². The topological polar surface area (TPSA) is 6.48 Å². The number of hydrogen-bond acceptors (Lipinski definition) is 2. The van der Waals surface area contributed by atoms with Gasteiger partial charge in [-0.15, -0.1) is 0 Å². The fourth-order valence-electron chi connectivity index (χ4n) is 3.15. The Morgan fingerprint density at radius 1 is 1.14 bits per heavy atom. The van der Waals surface area contributed by atoms with Crippen molar-refractivity contribution >= 4 is 0 Å². The van der Waals surface area contributed by atoms with Gasteiger partial charge in [-0.05, 0) is 32.2 Å². The van der Waals surface area contributed by atoms with Gasteiger partial charge < -0.3 is 0 Å². The van der Waals surface area contributed by atoms with Gasteiger partial charge in [0.1, 0.15) is 0 Å². The summed E-state index contributed by atoms with van der Waals surface area (Å²) in [6.07, 6.45) is 5.52. The van der Waals surface area contributed by atoms with Crippen LogP contribution in [0.3, 0.4) is 0 Å². The highest BCUT2D eigenvalue weighted by Crippen LogP contribution is 2.23. The molecule has 2 aliphatic heterocycles. The van der Waals surface area contributed by atoms with Gasteiger partial charge >= 0.3 is 0 Å². The highest BCUT2D eigenvalue weighted by Gasteiger charge is 2.32. The Hall–Kier alpha value is -0.0800. The molecular formula is C12H24N2. The predicted octanol–water partition coefficient (Wildman–Crippen LogP) is 1.96. The van der Waals surface area contributed by atoms with Crippen LogP contribution in [-0.2, 0) is 0 Å². The first-order valence-corrected chi connectivity index (χ1v) is 6.33. The van der Waals surface area contributed by atoms with Crippen LogP contribution in [0.2, 0.25) is 0 Å². The fraction of sp³-hybridized carbons (Fsp3) is 1.00. The second-order valence-corrected chi connectivity index (χ2v) is 4.80. The van der Waals surface area contributed by atoms with Gasteiger partial charge in [-0.25, -0.2) is 0 Å². The van der Waals surface area contributed by atoms with E-state index in [1.54, 1.807) is 0 Å². The van der Waals surface area contributed by atoms with Crippen molar-refractivity contribution in [2.24, 2.45) is 0 Å². The molecule has 0 aromatic rings. The number of rotatable bonds is 3. The molecule has 0 spiro atoms. The molecule has 2 nitrogen and oxygen atoms in total. The van der Waals surface area contributed by atoms with Crippen LogP contribution in [0.5, 0.6) is 0 Å². The highest BCUT2D eigenvalue weighted by molar-refractivity contribution is 4.88. The van der Waals surface area contributed by atoms with Crippen LogP contribution < -0.4 is 0 Å². The Bertz CT molecular complexity index is 177. The summed E-state index contributed by atoms with van der Waals surface area (Å²) in [5.74, 6) is 0. The van der Waals surface area contributed by atoms with Crippen molar-refractivity contribution in [3.05, 3.63) is 0 Å². The van der Waals surface area contributed by atoms with E-state index in [9.17, 15) is 0 Å². The minimum Gasteiger partial charge on any atom is -0.298 e. The Kier molecular flexibility index (Phi) is 3.45. The maximum absolute atomic E-state index is 2.73. The van der Waals surface area contributed by atoms with Gasteiger partial charge in [0, 0.05) is 31.7 Å². The molecule has 0 aromatic carbocycles. The summed E-state index contributed by atoms with van der Waals surface area (Å²) in [5.41, 5.74) is 0. The van der Waals surface area contributed by atoms with E-state index in [-0.39, 0.29) is 0 Å². The zero-order chi connectivity index (χ0) is 9.97. The molecule has 0 aromatic heterocycles. The quantitative estimate of drug-likeness (QED) is 0.681. The van der Waals surface area contributed by atoms with Crippen molar-refractivity contribution < 1.29 is 0 Å². The van der Waals surface area contributed by atoms with Gasteiger partial charge in [0.05, 0.1) is 0 Å². The molecule has 1 atom stereocenters.